The quantitative estimate of drug-likeness (QED) is 0.444. The molecule has 4 rings (SSSR count). The van der Waals surface area contributed by atoms with Crippen LogP contribution in [0, 0.1) is 20.8 Å². The summed E-state index contributed by atoms with van der Waals surface area (Å²) in [5, 5.41) is 11.7. The fraction of sp³-hybridized carbons (Fsp3) is 0.296. The number of ketones is 1. The van der Waals surface area contributed by atoms with E-state index in [2.05, 4.69) is 23.7 Å². The Balaban J connectivity index is 1.85. The topological polar surface area (TPSA) is 73.7 Å². The maximum absolute atomic E-state index is 13.7. The lowest BCUT2D eigenvalue weighted by Crippen LogP contribution is -2.31. The highest BCUT2D eigenvalue weighted by atomic mass is 32.1. The number of thiazole rings is 1. The lowest BCUT2D eigenvalue weighted by molar-refractivity contribution is -0.117. The zero-order valence-corrected chi connectivity index (χ0v) is 20.9. The van der Waals surface area contributed by atoms with Crippen molar-refractivity contribution in [3.8, 4) is 0 Å². The van der Waals surface area contributed by atoms with Crippen molar-refractivity contribution in [2.45, 2.75) is 40.7 Å². The molecule has 34 heavy (non-hydrogen) atoms. The highest BCUT2D eigenvalue weighted by molar-refractivity contribution is 7.14. The van der Waals surface area contributed by atoms with Crippen molar-refractivity contribution in [3.05, 3.63) is 86.6 Å². The second kappa shape index (κ2) is 9.43. The Labute approximate surface area is 204 Å². The van der Waals surface area contributed by atoms with E-state index >= 15 is 0 Å². The standard InChI is InChI=1S/C27H29N3O3S/c1-6-29(7-2)20-14-10-19(11-15-20)23-22(24(31)26-17(4)28-18(5)34-26)25(32)27(33)30(23)21-12-8-16(3)9-13-21/h8-15,23,32H,6-7H2,1-5H3. The Kier molecular flexibility index (Phi) is 6.57. The lowest BCUT2D eigenvalue weighted by atomic mass is 9.94. The van der Waals surface area contributed by atoms with Gasteiger partial charge in [-0.2, -0.15) is 0 Å². The van der Waals surface area contributed by atoms with Crippen molar-refractivity contribution in [1.82, 2.24) is 4.98 Å². The summed E-state index contributed by atoms with van der Waals surface area (Å²) < 4.78 is 0. The van der Waals surface area contributed by atoms with Crippen molar-refractivity contribution in [2.75, 3.05) is 22.9 Å². The molecule has 0 saturated carbocycles. The first-order chi connectivity index (χ1) is 16.3. The number of hydrogen-bond donors (Lipinski definition) is 1. The van der Waals surface area contributed by atoms with Crippen molar-refractivity contribution in [3.63, 3.8) is 0 Å². The number of nitrogens with zero attached hydrogens (tertiary/aromatic N) is 3. The molecule has 1 N–H and O–H groups in total. The average Bonchev–Trinajstić information content (AvgIpc) is 3.30. The number of Topliss-reactive ketones (excluding diaryl/α,β-unsaturated/α-hetero) is 1. The van der Waals surface area contributed by atoms with Gasteiger partial charge in [0.1, 0.15) is 0 Å². The normalized spacial score (nSPS) is 15.9. The van der Waals surface area contributed by atoms with Crippen LogP contribution in [0.4, 0.5) is 11.4 Å². The maximum Gasteiger partial charge on any atom is 0.294 e. The van der Waals surface area contributed by atoms with Crippen molar-refractivity contribution >= 4 is 34.4 Å². The lowest BCUT2D eigenvalue weighted by Gasteiger charge is -2.28. The van der Waals surface area contributed by atoms with Gasteiger partial charge >= 0.3 is 0 Å². The fourth-order valence-electron chi connectivity index (χ4n) is 4.44. The Bertz CT molecular complexity index is 1260. The van der Waals surface area contributed by atoms with Gasteiger partial charge in [-0.15, -0.1) is 11.3 Å². The number of aromatic nitrogens is 1. The predicted octanol–water partition coefficient (Wildman–Crippen LogP) is 5.70. The number of aliphatic hydroxyl groups excluding tert-OH is 1. The van der Waals surface area contributed by atoms with E-state index in [0.717, 1.165) is 34.9 Å². The van der Waals surface area contributed by atoms with Gasteiger partial charge in [-0.3, -0.25) is 14.5 Å². The molecule has 1 aromatic heterocycles. The third kappa shape index (κ3) is 4.12. The van der Waals surface area contributed by atoms with E-state index in [4.69, 9.17) is 0 Å². The van der Waals surface area contributed by atoms with Crippen LogP contribution >= 0.6 is 11.3 Å². The summed E-state index contributed by atoms with van der Waals surface area (Å²) in [7, 11) is 0. The number of aliphatic hydroxyl groups is 1. The van der Waals surface area contributed by atoms with Crippen molar-refractivity contribution in [2.24, 2.45) is 0 Å². The number of aryl methyl sites for hydroxylation is 3. The molecule has 7 heteroatoms. The molecule has 0 bridgehead atoms. The summed E-state index contributed by atoms with van der Waals surface area (Å²) in [5.41, 5.74) is 4.20. The molecule has 0 spiro atoms. The van der Waals surface area contributed by atoms with E-state index in [1.807, 2.05) is 62.4 Å². The van der Waals surface area contributed by atoms with E-state index in [0.29, 0.717) is 16.3 Å². The summed E-state index contributed by atoms with van der Waals surface area (Å²) in [6, 6.07) is 14.6. The third-order valence-corrected chi connectivity index (χ3v) is 7.28. The van der Waals surface area contributed by atoms with E-state index in [-0.39, 0.29) is 11.4 Å². The molecule has 2 aromatic carbocycles. The number of carbonyl (C=O) groups excluding carboxylic acids is 2. The fourth-order valence-corrected chi connectivity index (χ4v) is 5.32. The molecule has 1 unspecified atom stereocenters. The van der Waals surface area contributed by atoms with Crippen LogP contribution in [-0.2, 0) is 4.79 Å². The Morgan fingerprint density at radius 2 is 1.65 bits per heavy atom. The van der Waals surface area contributed by atoms with Crippen LogP contribution in [0.25, 0.3) is 0 Å². The summed E-state index contributed by atoms with van der Waals surface area (Å²) in [6.07, 6.45) is 0. The van der Waals surface area contributed by atoms with Crippen LogP contribution in [0.5, 0.6) is 0 Å². The monoisotopic (exact) mass is 475 g/mol. The van der Waals surface area contributed by atoms with Gasteiger partial charge in [0.25, 0.3) is 5.91 Å². The first kappa shape index (κ1) is 23.7. The molecule has 6 nitrogen and oxygen atoms in total. The van der Waals surface area contributed by atoms with E-state index < -0.39 is 17.7 Å². The van der Waals surface area contributed by atoms with Gasteiger partial charge in [-0.25, -0.2) is 4.98 Å². The van der Waals surface area contributed by atoms with Crippen LogP contribution < -0.4 is 9.80 Å². The van der Waals surface area contributed by atoms with E-state index in [9.17, 15) is 14.7 Å². The van der Waals surface area contributed by atoms with Crippen LogP contribution in [-0.4, -0.2) is 34.9 Å². The molecule has 1 aliphatic heterocycles. The molecular formula is C27H29N3O3S. The molecule has 0 saturated heterocycles. The van der Waals surface area contributed by atoms with Crippen LogP contribution in [0.3, 0.4) is 0 Å². The van der Waals surface area contributed by atoms with Crippen LogP contribution in [0.1, 0.15) is 51.4 Å². The second-order valence-corrected chi connectivity index (χ2v) is 9.62. The summed E-state index contributed by atoms with van der Waals surface area (Å²) in [4.78, 5) is 35.6. The molecule has 1 amide bonds. The summed E-state index contributed by atoms with van der Waals surface area (Å²) in [6.45, 7) is 11.5. The van der Waals surface area contributed by atoms with E-state index in [1.54, 1.807) is 6.92 Å². The smallest absolute Gasteiger partial charge is 0.294 e. The number of rotatable bonds is 7. The van der Waals surface area contributed by atoms with Crippen molar-refractivity contribution in [1.29, 1.82) is 0 Å². The van der Waals surface area contributed by atoms with Crippen LogP contribution in [0.2, 0.25) is 0 Å². The number of anilines is 2. The highest BCUT2D eigenvalue weighted by Crippen LogP contribution is 2.43. The second-order valence-electron chi connectivity index (χ2n) is 8.42. The minimum Gasteiger partial charge on any atom is -0.503 e. The first-order valence-corrected chi connectivity index (χ1v) is 12.2. The average molecular weight is 476 g/mol. The SMILES string of the molecule is CCN(CC)c1ccc(C2C(C(=O)c3sc(C)nc3C)=C(O)C(=O)N2c2ccc(C)cc2)cc1. The van der Waals surface area contributed by atoms with Gasteiger partial charge in [0, 0.05) is 24.5 Å². The zero-order chi connectivity index (χ0) is 24.6. The first-order valence-electron chi connectivity index (χ1n) is 11.4. The molecule has 0 fully saturated rings. The van der Waals surface area contributed by atoms with Gasteiger partial charge in [0.2, 0.25) is 5.78 Å². The molecule has 0 radical (unpaired) electrons. The minimum atomic E-state index is -0.740. The zero-order valence-electron chi connectivity index (χ0n) is 20.1. The third-order valence-electron chi connectivity index (χ3n) is 6.21. The van der Waals surface area contributed by atoms with Gasteiger partial charge in [-0.1, -0.05) is 29.8 Å². The largest absolute Gasteiger partial charge is 0.503 e. The van der Waals surface area contributed by atoms with Gasteiger partial charge < -0.3 is 10.0 Å². The minimum absolute atomic E-state index is 0.0907. The molecule has 1 atom stereocenters. The Morgan fingerprint density at radius 1 is 1.03 bits per heavy atom. The predicted molar refractivity (Wildman–Crippen MR) is 137 cm³/mol. The number of carbonyl (C=O) groups is 2. The molecular weight excluding hydrogens is 446 g/mol. The molecule has 2 heterocycles. The van der Waals surface area contributed by atoms with Crippen molar-refractivity contribution < 1.29 is 14.7 Å². The maximum atomic E-state index is 13.7. The number of benzene rings is 2. The molecule has 3 aromatic rings. The highest BCUT2D eigenvalue weighted by Gasteiger charge is 2.45. The van der Waals surface area contributed by atoms with Gasteiger partial charge in [-0.05, 0) is 64.4 Å². The summed E-state index contributed by atoms with van der Waals surface area (Å²) >= 11 is 1.28. The molecule has 0 aliphatic carbocycles. The molecule has 176 valence electrons. The van der Waals surface area contributed by atoms with Gasteiger partial charge in [0.05, 0.1) is 27.2 Å². The summed E-state index contributed by atoms with van der Waals surface area (Å²) in [5.74, 6) is -1.45. The Hall–Kier alpha value is -3.45. The Morgan fingerprint density at radius 3 is 2.18 bits per heavy atom. The van der Waals surface area contributed by atoms with Crippen LogP contribution in [0.15, 0.2) is 59.9 Å². The number of amides is 1. The number of hydrogen-bond acceptors (Lipinski definition) is 6. The van der Waals surface area contributed by atoms with E-state index in [1.165, 1.54) is 16.2 Å². The van der Waals surface area contributed by atoms with Gasteiger partial charge in [0.15, 0.2) is 5.76 Å². The molecule has 1 aliphatic rings.